The summed E-state index contributed by atoms with van der Waals surface area (Å²) in [6.07, 6.45) is 5.77. The van der Waals surface area contributed by atoms with Crippen LogP contribution in [0.1, 0.15) is 67.2 Å². The minimum absolute atomic E-state index is 0.0390. The number of allylic oxidation sites excluding steroid dienone is 1. The largest absolute Gasteiger partial charge is 0.359 e. The lowest BCUT2D eigenvalue weighted by Gasteiger charge is -2.38. The summed E-state index contributed by atoms with van der Waals surface area (Å²) in [6.45, 7) is 3.74. The van der Waals surface area contributed by atoms with E-state index in [9.17, 15) is 9.59 Å². The molecule has 2 aliphatic rings. The van der Waals surface area contributed by atoms with E-state index in [0.717, 1.165) is 67.9 Å². The number of fused-ring (bicyclic) bond motifs is 1. The van der Waals surface area contributed by atoms with E-state index >= 15 is 0 Å². The Hall–Kier alpha value is -1.79. The van der Waals surface area contributed by atoms with Crippen molar-refractivity contribution in [3.8, 4) is 0 Å². The third-order valence-electron chi connectivity index (χ3n) is 6.13. The van der Waals surface area contributed by atoms with Crippen LogP contribution in [0.5, 0.6) is 0 Å². The van der Waals surface area contributed by atoms with Gasteiger partial charge in [-0.1, -0.05) is 17.2 Å². The highest BCUT2D eigenvalue weighted by Crippen LogP contribution is 2.35. The van der Waals surface area contributed by atoms with Gasteiger partial charge in [-0.15, -0.1) is 0 Å². The Balaban J connectivity index is 1.77. The molecule has 1 saturated heterocycles. The standard InChI is InChI=1S/C21H31ClN4O2/c1-14-7-8-16-15(19(14)22)12-17(26(16)3)20(28)25-21(10-5-11-24-13-21)9-4-6-18(27)23-2/h12,24H,4-11,13H2,1-3H3,(H,23,27)(H,25,28). The summed E-state index contributed by atoms with van der Waals surface area (Å²) in [6, 6.07) is 1.92. The number of hydrogen-bond donors (Lipinski definition) is 3. The number of aromatic nitrogens is 1. The molecule has 2 amide bonds. The molecule has 1 aliphatic heterocycles. The number of carbonyl (C=O) groups excluding carboxylic acids is 2. The predicted octanol–water partition coefficient (Wildman–Crippen LogP) is 2.71. The SMILES string of the molecule is CNC(=O)CCCC1(NC(=O)c2cc3c(n2C)CCC(C)=C3Cl)CCCNC1. The molecule has 0 saturated carbocycles. The minimum Gasteiger partial charge on any atom is -0.359 e. The van der Waals surface area contributed by atoms with Crippen LogP contribution in [0.4, 0.5) is 0 Å². The first kappa shape index (κ1) is 20.9. The van der Waals surface area contributed by atoms with Gasteiger partial charge in [-0.05, 0) is 58.1 Å². The number of hydrogen-bond acceptors (Lipinski definition) is 3. The van der Waals surface area contributed by atoms with Crippen LogP contribution in [-0.4, -0.2) is 42.1 Å². The van der Waals surface area contributed by atoms with Crippen molar-refractivity contribution < 1.29 is 9.59 Å². The lowest BCUT2D eigenvalue weighted by molar-refractivity contribution is -0.120. The van der Waals surface area contributed by atoms with Gasteiger partial charge in [-0.2, -0.15) is 0 Å². The molecule has 1 aliphatic carbocycles. The number of piperidine rings is 1. The average Bonchev–Trinajstić information content (AvgIpc) is 3.02. The molecular weight excluding hydrogens is 376 g/mol. The van der Waals surface area contributed by atoms with Crippen molar-refractivity contribution in [1.82, 2.24) is 20.5 Å². The fourth-order valence-electron chi connectivity index (χ4n) is 4.37. The quantitative estimate of drug-likeness (QED) is 0.679. The lowest BCUT2D eigenvalue weighted by atomic mass is 9.84. The Labute approximate surface area is 172 Å². The zero-order chi connectivity index (χ0) is 20.3. The fourth-order valence-corrected chi connectivity index (χ4v) is 4.62. The van der Waals surface area contributed by atoms with E-state index in [1.165, 1.54) is 5.57 Å². The summed E-state index contributed by atoms with van der Waals surface area (Å²) in [5, 5.41) is 10.2. The Bertz CT molecular complexity index is 791. The van der Waals surface area contributed by atoms with Crippen LogP contribution in [0.15, 0.2) is 11.6 Å². The van der Waals surface area contributed by atoms with Gasteiger partial charge >= 0.3 is 0 Å². The van der Waals surface area contributed by atoms with Crippen molar-refractivity contribution >= 4 is 28.4 Å². The molecule has 2 heterocycles. The number of halogens is 1. The van der Waals surface area contributed by atoms with E-state index in [1.54, 1.807) is 7.05 Å². The van der Waals surface area contributed by atoms with Gasteiger partial charge in [0, 0.05) is 43.4 Å². The van der Waals surface area contributed by atoms with Crippen LogP contribution in [-0.2, 0) is 18.3 Å². The average molecular weight is 407 g/mol. The molecule has 6 nitrogen and oxygen atoms in total. The minimum atomic E-state index is -0.316. The van der Waals surface area contributed by atoms with Crippen LogP contribution in [0.25, 0.3) is 5.03 Å². The van der Waals surface area contributed by atoms with Gasteiger partial charge < -0.3 is 20.5 Å². The van der Waals surface area contributed by atoms with Crippen molar-refractivity contribution in [2.75, 3.05) is 20.1 Å². The molecule has 7 heteroatoms. The van der Waals surface area contributed by atoms with E-state index in [1.807, 2.05) is 24.6 Å². The van der Waals surface area contributed by atoms with Crippen LogP contribution >= 0.6 is 11.6 Å². The summed E-state index contributed by atoms with van der Waals surface area (Å²) in [5.74, 6) is -0.0279. The molecule has 0 aromatic carbocycles. The number of carbonyl (C=O) groups is 2. The van der Waals surface area contributed by atoms with E-state index in [2.05, 4.69) is 16.0 Å². The Morgan fingerprint density at radius 1 is 1.36 bits per heavy atom. The molecule has 1 aromatic heterocycles. The molecule has 0 spiro atoms. The Morgan fingerprint density at radius 2 is 2.14 bits per heavy atom. The molecule has 1 aromatic rings. The van der Waals surface area contributed by atoms with Crippen LogP contribution in [0.3, 0.4) is 0 Å². The summed E-state index contributed by atoms with van der Waals surface area (Å²) >= 11 is 6.51. The zero-order valence-corrected chi connectivity index (χ0v) is 17.8. The summed E-state index contributed by atoms with van der Waals surface area (Å²) < 4.78 is 1.98. The molecule has 3 rings (SSSR count). The van der Waals surface area contributed by atoms with Gasteiger partial charge in [-0.25, -0.2) is 0 Å². The van der Waals surface area contributed by atoms with Crippen molar-refractivity contribution in [2.45, 2.75) is 57.4 Å². The van der Waals surface area contributed by atoms with Gasteiger partial charge in [0.05, 0.1) is 5.54 Å². The Morgan fingerprint density at radius 3 is 2.82 bits per heavy atom. The number of amides is 2. The smallest absolute Gasteiger partial charge is 0.268 e. The highest BCUT2D eigenvalue weighted by molar-refractivity contribution is 6.49. The van der Waals surface area contributed by atoms with Crippen LogP contribution in [0.2, 0.25) is 0 Å². The molecule has 154 valence electrons. The first-order valence-corrected chi connectivity index (χ1v) is 10.5. The molecule has 1 unspecified atom stereocenters. The van der Waals surface area contributed by atoms with Crippen molar-refractivity contribution in [2.24, 2.45) is 7.05 Å². The maximum Gasteiger partial charge on any atom is 0.268 e. The second kappa shape index (κ2) is 8.70. The van der Waals surface area contributed by atoms with Crippen molar-refractivity contribution in [3.05, 3.63) is 28.6 Å². The predicted molar refractivity (Wildman–Crippen MR) is 112 cm³/mol. The third-order valence-corrected chi connectivity index (χ3v) is 6.65. The van der Waals surface area contributed by atoms with Gasteiger partial charge in [0.1, 0.15) is 5.69 Å². The Kier molecular flexibility index (Phi) is 6.50. The maximum atomic E-state index is 13.2. The second-order valence-corrected chi connectivity index (χ2v) is 8.46. The first-order valence-electron chi connectivity index (χ1n) is 10.1. The van der Waals surface area contributed by atoms with Gasteiger partial charge in [0.15, 0.2) is 0 Å². The van der Waals surface area contributed by atoms with E-state index in [0.29, 0.717) is 12.1 Å². The summed E-state index contributed by atoms with van der Waals surface area (Å²) in [7, 11) is 3.59. The zero-order valence-electron chi connectivity index (χ0n) is 17.1. The molecule has 0 bridgehead atoms. The molecule has 3 N–H and O–H groups in total. The maximum absolute atomic E-state index is 13.2. The molecule has 28 heavy (non-hydrogen) atoms. The van der Waals surface area contributed by atoms with Crippen molar-refractivity contribution in [3.63, 3.8) is 0 Å². The summed E-state index contributed by atoms with van der Waals surface area (Å²) in [4.78, 5) is 24.8. The number of rotatable bonds is 6. The van der Waals surface area contributed by atoms with E-state index in [-0.39, 0.29) is 17.4 Å². The summed E-state index contributed by atoms with van der Waals surface area (Å²) in [5.41, 5.74) is 3.61. The fraction of sp³-hybridized carbons (Fsp3) is 0.619. The van der Waals surface area contributed by atoms with E-state index in [4.69, 9.17) is 11.6 Å². The molecule has 1 atom stereocenters. The highest BCUT2D eigenvalue weighted by atomic mass is 35.5. The lowest BCUT2D eigenvalue weighted by Crippen LogP contribution is -2.57. The second-order valence-electron chi connectivity index (χ2n) is 8.08. The molecular formula is C21H31ClN4O2. The number of nitrogens with one attached hydrogen (secondary N) is 3. The molecule has 1 fully saturated rings. The number of nitrogens with zero attached hydrogens (tertiary/aromatic N) is 1. The van der Waals surface area contributed by atoms with Gasteiger partial charge in [0.25, 0.3) is 5.91 Å². The topological polar surface area (TPSA) is 75.2 Å². The van der Waals surface area contributed by atoms with Crippen molar-refractivity contribution in [1.29, 1.82) is 0 Å². The van der Waals surface area contributed by atoms with Gasteiger partial charge in [-0.3, -0.25) is 9.59 Å². The van der Waals surface area contributed by atoms with Gasteiger partial charge in [0.2, 0.25) is 5.91 Å². The third kappa shape index (κ3) is 4.28. The van der Waals surface area contributed by atoms with Crippen LogP contribution in [0, 0.1) is 0 Å². The highest BCUT2D eigenvalue weighted by Gasteiger charge is 2.35. The van der Waals surface area contributed by atoms with E-state index < -0.39 is 0 Å². The first-order chi connectivity index (χ1) is 13.4. The normalized spacial score (nSPS) is 22.0. The monoisotopic (exact) mass is 406 g/mol. The molecule has 0 radical (unpaired) electrons. The van der Waals surface area contributed by atoms with Crippen LogP contribution < -0.4 is 16.0 Å².